The van der Waals surface area contributed by atoms with Gasteiger partial charge >= 0.3 is 0 Å². The van der Waals surface area contributed by atoms with Gasteiger partial charge in [0.15, 0.2) is 0 Å². The third-order valence-electron chi connectivity index (χ3n) is 3.14. The summed E-state index contributed by atoms with van der Waals surface area (Å²) in [7, 11) is 1.94. The molecule has 0 spiro atoms. The number of hydrogen-bond donors (Lipinski definition) is 2. The van der Waals surface area contributed by atoms with E-state index >= 15 is 0 Å². The zero-order valence-corrected chi connectivity index (χ0v) is 11.1. The first kappa shape index (κ1) is 13.3. The summed E-state index contributed by atoms with van der Waals surface area (Å²) in [6.45, 7) is 2.13. The highest BCUT2D eigenvalue weighted by atomic mass is 16.1. The second-order valence-electron chi connectivity index (χ2n) is 4.35. The van der Waals surface area contributed by atoms with Gasteiger partial charge in [-0.3, -0.25) is 4.79 Å². The lowest BCUT2D eigenvalue weighted by molar-refractivity contribution is 0.0995. The summed E-state index contributed by atoms with van der Waals surface area (Å²) in [5.41, 5.74) is 7.58. The minimum atomic E-state index is -0.517. The number of carbonyl (C=O) groups is 1. The molecular weight excluding hydrogens is 240 g/mol. The molecule has 0 aliphatic heterocycles. The summed E-state index contributed by atoms with van der Waals surface area (Å²) >= 11 is 0. The molecule has 0 bridgehead atoms. The van der Waals surface area contributed by atoms with E-state index in [2.05, 4.69) is 29.5 Å². The molecule has 5 heteroatoms. The summed E-state index contributed by atoms with van der Waals surface area (Å²) in [5.74, 6) is -0.517. The number of nitrogens with two attached hydrogens (primary N) is 1. The van der Waals surface area contributed by atoms with E-state index in [-0.39, 0.29) is 5.69 Å². The number of benzene rings is 1. The Morgan fingerprint density at radius 3 is 2.84 bits per heavy atom. The van der Waals surface area contributed by atoms with Crippen LogP contribution in [-0.4, -0.2) is 22.7 Å². The first-order valence-electron chi connectivity index (χ1n) is 6.28. The molecule has 1 aromatic carbocycles. The van der Waals surface area contributed by atoms with Gasteiger partial charge < -0.3 is 11.1 Å². The molecule has 1 amide bonds. The van der Waals surface area contributed by atoms with Gasteiger partial charge in [-0.05, 0) is 37.2 Å². The van der Waals surface area contributed by atoms with Gasteiger partial charge in [-0.25, -0.2) is 4.68 Å². The third-order valence-corrected chi connectivity index (χ3v) is 3.14. The Morgan fingerprint density at radius 2 is 2.26 bits per heavy atom. The van der Waals surface area contributed by atoms with E-state index in [1.54, 1.807) is 16.9 Å². The highest BCUT2D eigenvalue weighted by Gasteiger charge is 2.09. The maximum absolute atomic E-state index is 11.0. The minimum absolute atomic E-state index is 0.270. The Balaban J connectivity index is 2.34. The van der Waals surface area contributed by atoms with Crippen molar-refractivity contribution >= 4 is 5.91 Å². The van der Waals surface area contributed by atoms with Crippen LogP contribution in [0.25, 0.3) is 5.69 Å². The summed E-state index contributed by atoms with van der Waals surface area (Å²) < 4.78 is 1.66. The van der Waals surface area contributed by atoms with E-state index in [0.717, 1.165) is 12.1 Å². The number of hydrogen-bond acceptors (Lipinski definition) is 3. The fraction of sp³-hybridized carbons (Fsp3) is 0.286. The largest absolute Gasteiger partial charge is 0.364 e. The highest BCUT2D eigenvalue weighted by Crippen LogP contribution is 2.19. The van der Waals surface area contributed by atoms with Gasteiger partial charge in [-0.1, -0.05) is 19.1 Å². The number of aromatic nitrogens is 2. The smallest absolute Gasteiger partial charge is 0.269 e. The van der Waals surface area contributed by atoms with Crippen molar-refractivity contribution in [3.63, 3.8) is 0 Å². The van der Waals surface area contributed by atoms with E-state index in [0.29, 0.717) is 6.04 Å². The molecule has 5 nitrogen and oxygen atoms in total. The Labute approximate surface area is 112 Å². The van der Waals surface area contributed by atoms with Gasteiger partial charge in [0, 0.05) is 12.2 Å². The van der Waals surface area contributed by atoms with Crippen LogP contribution in [0, 0.1) is 0 Å². The molecule has 1 aromatic heterocycles. The fourth-order valence-electron chi connectivity index (χ4n) is 2.09. The number of rotatable bonds is 5. The number of nitrogens with zero attached hydrogens (tertiary/aromatic N) is 2. The minimum Gasteiger partial charge on any atom is -0.364 e. The van der Waals surface area contributed by atoms with Crippen LogP contribution >= 0.6 is 0 Å². The predicted octanol–water partition coefficient (Wildman–Crippen LogP) is 1.64. The average Bonchev–Trinajstić information content (AvgIpc) is 2.90. The lowest BCUT2D eigenvalue weighted by Gasteiger charge is -2.15. The highest BCUT2D eigenvalue weighted by molar-refractivity contribution is 5.90. The summed E-state index contributed by atoms with van der Waals surface area (Å²) in [4.78, 5) is 11.0. The van der Waals surface area contributed by atoms with Crippen molar-refractivity contribution in [2.45, 2.75) is 19.4 Å². The molecule has 0 aliphatic carbocycles. The van der Waals surface area contributed by atoms with Crippen molar-refractivity contribution in [3.8, 4) is 5.69 Å². The number of amides is 1. The van der Waals surface area contributed by atoms with Crippen molar-refractivity contribution in [1.29, 1.82) is 0 Å². The monoisotopic (exact) mass is 258 g/mol. The topological polar surface area (TPSA) is 72.9 Å². The second-order valence-corrected chi connectivity index (χ2v) is 4.35. The van der Waals surface area contributed by atoms with Crippen molar-refractivity contribution in [2.24, 2.45) is 5.73 Å². The van der Waals surface area contributed by atoms with Crippen LogP contribution in [0.5, 0.6) is 0 Å². The molecule has 1 heterocycles. The Bertz CT molecular complexity index is 572. The Kier molecular flexibility index (Phi) is 3.97. The zero-order valence-electron chi connectivity index (χ0n) is 11.1. The van der Waals surface area contributed by atoms with Gasteiger partial charge in [-0.15, -0.1) is 0 Å². The Hall–Kier alpha value is -2.14. The average molecular weight is 258 g/mol. The quantitative estimate of drug-likeness (QED) is 0.856. The summed E-state index contributed by atoms with van der Waals surface area (Å²) in [5, 5.41) is 7.42. The van der Waals surface area contributed by atoms with Gasteiger partial charge in [0.25, 0.3) is 5.91 Å². The predicted molar refractivity (Wildman–Crippen MR) is 74.2 cm³/mol. The molecule has 19 heavy (non-hydrogen) atoms. The molecule has 3 N–H and O–H groups in total. The summed E-state index contributed by atoms with van der Waals surface area (Å²) in [6, 6.07) is 9.99. The SMILES string of the molecule is CCC(NC)c1cccc(-n2ccc(C(N)=O)n2)c1. The fourth-order valence-corrected chi connectivity index (χ4v) is 2.09. The number of carbonyl (C=O) groups excluding carboxylic acids is 1. The van der Waals surface area contributed by atoms with E-state index in [1.807, 2.05) is 19.2 Å². The first-order chi connectivity index (χ1) is 9.15. The molecule has 2 aromatic rings. The van der Waals surface area contributed by atoms with Gasteiger partial charge in [0.05, 0.1) is 5.69 Å². The van der Waals surface area contributed by atoms with E-state index in [1.165, 1.54) is 5.56 Å². The molecule has 1 atom stereocenters. The molecule has 0 radical (unpaired) electrons. The molecule has 100 valence electrons. The van der Waals surface area contributed by atoms with Crippen LogP contribution in [0.2, 0.25) is 0 Å². The maximum atomic E-state index is 11.0. The standard InChI is InChI=1S/C14H18N4O/c1-3-12(16-2)10-5-4-6-11(9-10)18-8-7-13(17-18)14(15)19/h4-9,12,16H,3H2,1-2H3,(H2,15,19). The van der Waals surface area contributed by atoms with Crippen LogP contribution in [0.15, 0.2) is 36.5 Å². The van der Waals surface area contributed by atoms with Crippen molar-refractivity contribution in [1.82, 2.24) is 15.1 Å². The lowest BCUT2D eigenvalue weighted by Crippen LogP contribution is -2.15. The molecular formula is C14H18N4O. The van der Waals surface area contributed by atoms with Gasteiger partial charge in [0.1, 0.15) is 5.69 Å². The summed E-state index contributed by atoms with van der Waals surface area (Å²) in [6.07, 6.45) is 2.74. The zero-order chi connectivity index (χ0) is 13.8. The van der Waals surface area contributed by atoms with Crippen LogP contribution in [0.4, 0.5) is 0 Å². The molecule has 0 saturated carbocycles. The van der Waals surface area contributed by atoms with E-state index in [4.69, 9.17) is 5.73 Å². The van der Waals surface area contributed by atoms with Gasteiger partial charge in [-0.2, -0.15) is 5.10 Å². The molecule has 0 fully saturated rings. The van der Waals surface area contributed by atoms with Crippen LogP contribution in [0.1, 0.15) is 35.4 Å². The lowest BCUT2D eigenvalue weighted by atomic mass is 10.0. The van der Waals surface area contributed by atoms with Crippen molar-refractivity contribution < 1.29 is 4.79 Å². The van der Waals surface area contributed by atoms with Crippen LogP contribution < -0.4 is 11.1 Å². The van der Waals surface area contributed by atoms with Crippen LogP contribution in [-0.2, 0) is 0 Å². The second kappa shape index (κ2) is 5.67. The van der Waals surface area contributed by atoms with Crippen LogP contribution in [0.3, 0.4) is 0 Å². The molecule has 0 aliphatic rings. The molecule has 1 unspecified atom stereocenters. The van der Waals surface area contributed by atoms with Crippen molar-refractivity contribution in [3.05, 3.63) is 47.8 Å². The molecule has 2 rings (SSSR count). The van der Waals surface area contributed by atoms with E-state index in [9.17, 15) is 4.79 Å². The first-order valence-corrected chi connectivity index (χ1v) is 6.28. The maximum Gasteiger partial charge on any atom is 0.269 e. The molecule has 0 saturated heterocycles. The Morgan fingerprint density at radius 1 is 1.47 bits per heavy atom. The number of primary amides is 1. The van der Waals surface area contributed by atoms with E-state index < -0.39 is 5.91 Å². The normalized spacial score (nSPS) is 12.3. The third kappa shape index (κ3) is 2.82. The van der Waals surface area contributed by atoms with Gasteiger partial charge in [0.2, 0.25) is 0 Å². The van der Waals surface area contributed by atoms with Crippen molar-refractivity contribution in [2.75, 3.05) is 7.05 Å². The number of nitrogens with one attached hydrogen (secondary N) is 1.